The molecule has 108 valence electrons. The van der Waals surface area contributed by atoms with Crippen molar-refractivity contribution in [3.05, 3.63) is 28.8 Å². The van der Waals surface area contributed by atoms with Gasteiger partial charge in [0.05, 0.1) is 19.3 Å². The Kier molecular flexibility index (Phi) is 6.32. The number of hydrogen-bond donors (Lipinski definition) is 2. The summed E-state index contributed by atoms with van der Waals surface area (Å²) < 4.78 is 5.24. The molecule has 0 radical (unpaired) electrons. The van der Waals surface area contributed by atoms with Crippen molar-refractivity contribution in [3.63, 3.8) is 0 Å². The number of ether oxygens (including phenoxy) is 1. The van der Waals surface area contributed by atoms with E-state index in [1.165, 1.54) is 16.7 Å². The molecule has 0 aliphatic heterocycles. The summed E-state index contributed by atoms with van der Waals surface area (Å²) in [5.74, 6) is 0.866. The van der Waals surface area contributed by atoms with E-state index in [9.17, 15) is 10.2 Å². The highest BCUT2D eigenvalue weighted by Gasteiger charge is 2.16. The summed E-state index contributed by atoms with van der Waals surface area (Å²) in [5, 5.41) is 19.7. The molecule has 19 heavy (non-hydrogen) atoms. The van der Waals surface area contributed by atoms with Gasteiger partial charge in [0, 0.05) is 0 Å². The van der Waals surface area contributed by atoms with Crippen LogP contribution in [0.5, 0.6) is 5.75 Å². The van der Waals surface area contributed by atoms with Gasteiger partial charge >= 0.3 is 0 Å². The molecule has 3 nitrogen and oxygen atoms in total. The van der Waals surface area contributed by atoms with Crippen LogP contribution >= 0.6 is 0 Å². The molecule has 2 atom stereocenters. The molecule has 3 heteroatoms. The monoisotopic (exact) mass is 266 g/mol. The number of aliphatic hydroxyl groups excluding tert-OH is 2. The lowest BCUT2D eigenvalue weighted by atomic mass is 9.95. The van der Waals surface area contributed by atoms with Gasteiger partial charge in [0.1, 0.15) is 5.75 Å². The number of benzene rings is 1. The summed E-state index contributed by atoms with van der Waals surface area (Å²) >= 11 is 0. The highest BCUT2D eigenvalue weighted by molar-refractivity contribution is 5.41. The number of aryl methyl sites for hydroxylation is 2. The van der Waals surface area contributed by atoms with Crippen LogP contribution in [0.15, 0.2) is 12.1 Å². The van der Waals surface area contributed by atoms with Crippen LogP contribution in [-0.2, 0) is 6.42 Å². The number of hydrogen-bond acceptors (Lipinski definition) is 3. The first-order chi connectivity index (χ1) is 8.99. The Hall–Kier alpha value is -1.06. The molecule has 0 saturated heterocycles. The Morgan fingerprint density at radius 3 is 2.05 bits per heavy atom. The fraction of sp³-hybridized carbons (Fsp3) is 0.625. The first-order valence-electron chi connectivity index (χ1n) is 6.99. The first-order valence-corrected chi connectivity index (χ1v) is 6.99. The second kappa shape index (κ2) is 7.51. The van der Waals surface area contributed by atoms with Crippen molar-refractivity contribution in [1.82, 2.24) is 0 Å². The van der Waals surface area contributed by atoms with Crippen molar-refractivity contribution in [2.75, 3.05) is 7.11 Å². The van der Waals surface area contributed by atoms with E-state index in [4.69, 9.17) is 4.74 Å². The van der Waals surface area contributed by atoms with Crippen molar-refractivity contribution in [2.24, 2.45) is 0 Å². The van der Waals surface area contributed by atoms with Crippen molar-refractivity contribution >= 4 is 0 Å². The summed E-state index contributed by atoms with van der Waals surface area (Å²) in [4.78, 5) is 0. The van der Waals surface area contributed by atoms with E-state index in [-0.39, 0.29) is 0 Å². The molecule has 1 rings (SSSR count). The molecule has 0 aliphatic carbocycles. The second-order valence-electron chi connectivity index (χ2n) is 5.20. The van der Waals surface area contributed by atoms with E-state index in [1.807, 2.05) is 19.1 Å². The molecule has 2 N–H and O–H groups in total. The lowest BCUT2D eigenvalue weighted by Gasteiger charge is -2.18. The summed E-state index contributed by atoms with van der Waals surface area (Å²) in [6, 6.07) is 4.02. The van der Waals surface area contributed by atoms with Crippen LogP contribution in [0.4, 0.5) is 0 Å². The van der Waals surface area contributed by atoms with Gasteiger partial charge in [-0.25, -0.2) is 0 Å². The van der Waals surface area contributed by atoms with Crippen LogP contribution in [0.3, 0.4) is 0 Å². The standard InChI is InChI=1S/C16H26O3/c1-5-6-15(17)16(18)8-7-14-11(2)9-13(19-4)10-12(14)3/h9-10,15-18H,5-8H2,1-4H3. The highest BCUT2D eigenvalue weighted by atomic mass is 16.5. The predicted octanol–water partition coefficient (Wildman–Crippen LogP) is 2.77. The summed E-state index contributed by atoms with van der Waals surface area (Å²) in [7, 11) is 1.67. The van der Waals surface area contributed by atoms with Crippen LogP contribution in [0.1, 0.15) is 42.9 Å². The third kappa shape index (κ3) is 4.51. The van der Waals surface area contributed by atoms with E-state index in [0.29, 0.717) is 12.8 Å². The van der Waals surface area contributed by atoms with Gasteiger partial charge in [-0.05, 0) is 61.9 Å². The molecule has 2 unspecified atom stereocenters. The average molecular weight is 266 g/mol. The SMILES string of the molecule is CCCC(O)C(O)CCc1c(C)cc(OC)cc1C. The third-order valence-electron chi connectivity index (χ3n) is 3.62. The summed E-state index contributed by atoms with van der Waals surface area (Å²) in [6.45, 7) is 6.12. The van der Waals surface area contributed by atoms with Gasteiger partial charge in [-0.2, -0.15) is 0 Å². The molecule has 0 spiro atoms. The molecular weight excluding hydrogens is 240 g/mol. The quantitative estimate of drug-likeness (QED) is 0.798. The van der Waals surface area contributed by atoms with E-state index in [0.717, 1.165) is 18.6 Å². The van der Waals surface area contributed by atoms with Crippen LogP contribution in [0, 0.1) is 13.8 Å². The average Bonchev–Trinajstić information content (AvgIpc) is 2.37. The Labute approximate surface area is 116 Å². The molecule has 0 heterocycles. The maximum absolute atomic E-state index is 9.92. The van der Waals surface area contributed by atoms with Crippen molar-refractivity contribution in [3.8, 4) is 5.75 Å². The fourth-order valence-corrected chi connectivity index (χ4v) is 2.44. The molecule has 1 aromatic carbocycles. The van der Waals surface area contributed by atoms with Crippen molar-refractivity contribution in [2.45, 2.75) is 58.7 Å². The van der Waals surface area contributed by atoms with Gasteiger partial charge in [-0.1, -0.05) is 13.3 Å². The van der Waals surface area contributed by atoms with Gasteiger partial charge in [-0.15, -0.1) is 0 Å². The predicted molar refractivity (Wildman–Crippen MR) is 77.7 cm³/mol. The Balaban J connectivity index is 2.67. The highest BCUT2D eigenvalue weighted by Crippen LogP contribution is 2.23. The lowest BCUT2D eigenvalue weighted by Crippen LogP contribution is -2.26. The van der Waals surface area contributed by atoms with E-state index >= 15 is 0 Å². The maximum Gasteiger partial charge on any atom is 0.119 e. The Bertz CT molecular complexity index is 378. The molecule has 0 saturated carbocycles. The van der Waals surface area contributed by atoms with Crippen LogP contribution < -0.4 is 4.74 Å². The van der Waals surface area contributed by atoms with Gasteiger partial charge in [0.15, 0.2) is 0 Å². The largest absolute Gasteiger partial charge is 0.497 e. The third-order valence-corrected chi connectivity index (χ3v) is 3.62. The molecule has 0 aromatic heterocycles. The van der Waals surface area contributed by atoms with Gasteiger partial charge in [-0.3, -0.25) is 0 Å². The van der Waals surface area contributed by atoms with Crippen molar-refractivity contribution < 1.29 is 14.9 Å². The molecule has 0 aliphatic rings. The zero-order valence-corrected chi connectivity index (χ0v) is 12.4. The Morgan fingerprint density at radius 1 is 1.05 bits per heavy atom. The van der Waals surface area contributed by atoms with Gasteiger partial charge in [0.25, 0.3) is 0 Å². The minimum absolute atomic E-state index is 0.592. The van der Waals surface area contributed by atoms with E-state index in [1.54, 1.807) is 7.11 Å². The van der Waals surface area contributed by atoms with Gasteiger partial charge in [0.2, 0.25) is 0 Å². The molecule has 1 aromatic rings. The number of aliphatic hydroxyl groups is 2. The molecule has 0 amide bonds. The minimum atomic E-state index is -0.638. The summed E-state index contributed by atoms with van der Waals surface area (Å²) in [5.41, 5.74) is 3.59. The maximum atomic E-state index is 9.92. The van der Waals surface area contributed by atoms with E-state index in [2.05, 4.69) is 13.8 Å². The molecule has 0 bridgehead atoms. The van der Waals surface area contributed by atoms with Crippen molar-refractivity contribution in [1.29, 1.82) is 0 Å². The van der Waals surface area contributed by atoms with Crippen LogP contribution in [0.25, 0.3) is 0 Å². The smallest absolute Gasteiger partial charge is 0.119 e. The van der Waals surface area contributed by atoms with Gasteiger partial charge < -0.3 is 14.9 Å². The minimum Gasteiger partial charge on any atom is -0.497 e. The number of methoxy groups -OCH3 is 1. The first kappa shape index (κ1) is 16.0. The molecule has 0 fully saturated rings. The molecular formula is C16H26O3. The zero-order valence-electron chi connectivity index (χ0n) is 12.4. The Morgan fingerprint density at radius 2 is 1.58 bits per heavy atom. The van der Waals surface area contributed by atoms with E-state index < -0.39 is 12.2 Å². The number of rotatable bonds is 7. The zero-order chi connectivity index (χ0) is 14.4. The normalized spacial score (nSPS) is 14.2. The fourth-order valence-electron chi connectivity index (χ4n) is 2.44. The summed E-state index contributed by atoms with van der Waals surface area (Å²) in [6.07, 6.45) is 1.67. The van der Waals surface area contributed by atoms with Crippen LogP contribution in [0.2, 0.25) is 0 Å². The lowest BCUT2D eigenvalue weighted by molar-refractivity contribution is 0.00977. The van der Waals surface area contributed by atoms with Crippen LogP contribution in [-0.4, -0.2) is 29.5 Å². The topological polar surface area (TPSA) is 49.7 Å². The second-order valence-corrected chi connectivity index (χ2v) is 5.20.